The highest BCUT2D eigenvalue weighted by molar-refractivity contribution is 5.92. The number of hydrogen-bond donors (Lipinski definition) is 1. The first kappa shape index (κ1) is 15.8. The molecule has 3 heteroatoms. The summed E-state index contributed by atoms with van der Waals surface area (Å²) in [5, 5.41) is 2.90. The molecule has 0 aliphatic heterocycles. The smallest absolute Gasteiger partial charge is 0.228 e. The van der Waals surface area contributed by atoms with Crippen molar-refractivity contribution < 1.29 is 9.53 Å². The average molecular weight is 317 g/mol. The minimum atomic E-state index is -0.0337. The van der Waals surface area contributed by atoms with E-state index < -0.39 is 0 Å². The van der Waals surface area contributed by atoms with Crippen molar-refractivity contribution in [2.45, 2.75) is 13.3 Å². The molecule has 0 aliphatic rings. The van der Waals surface area contributed by atoms with Crippen LogP contribution < -0.4 is 10.1 Å². The van der Waals surface area contributed by atoms with E-state index >= 15 is 0 Å². The molecule has 0 radical (unpaired) electrons. The number of nitrogens with one attached hydrogen (secondary N) is 1. The summed E-state index contributed by atoms with van der Waals surface area (Å²) in [6.07, 6.45) is 0.363. The topological polar surface area (TPSA) is 38.3 Å². The lowest BCUT2D eigenvalue weighted by atomic mass is 10.1. The standard InChI is InChI=1S/C21H19NO2/c1-16-6-5-9-20(14-16)24-19-12-10-18(11-13-19)22-21(23)15-17-7-3-2-4-8-17/h2-14H,15H2,1H3,(H,22,23). The summed E-state index contributed by atoms with van der Waals surface area (Å²) in [5.74, 6) is 1.51. The Bertz CT molecular complexity index is 811. The molecule has 24 heavy (non-hydrogen) atoms. The second-order valence-corrected chi connectivity index (χ2v) is 5.65. The second kappa shape index (κ2) is 7.47. The SMILES string of the molecule is Cc1cccc(Oc2ccc(NC(=O)Cc3ccccc3)cc2)c1. The van der Waals surface area contributed by atoms with Crippen molar-refractivity contribution in [2.24, 2.45) is 0 Å². The fourth-order valence-electron chi connectivity index (χ4n) is 2.41. The van der Waals surface area contributed by atoms with Crippen molar-refractivity contribution >= 4 is 11.6 Å². The third-order valence-corrected chi connectivity index (χ3v) is 3.57. The molecule has 0 heterocycles. The zero-order chi connectivity index (χ0) is 16.8. The molecule has 120 valence electrons. The van der Waals surface area contributed by atoms with Crippen molar-refractivity contribution in [1.29, 1.82) is 0 Å². The Morgan fingerprint density at radius 3 is 2.33 bits per heavy atom. The lowest BCUT2D eigenvalue weighted by molar-refractivity contribution is -0.115. The molecule has 3 rings (SSSR count). The van der Waals surface area contributed by atoms with Crippen molar-refractivity contribution in [1.82, 2.24) is 0 Å². The molecule has 0 aliphatic carbocycles. The maximum atomic E-state index is 12.1. The van der Waals surface area contributed by atoms with Crippen LogP contribution in [0, 0.1) is 6.92 Å². The van der Waals surface area contributed by atoms with Gasteiger partial charge in [0.25, 0.3) is 0 Å². The zero-order valence-electron chi connectivity index (χ0n) is 13.5. The molecule has 0 unspecified atom stereocenters. The van der Waals surface area contributed by atoms with Crippen molar-refractivity contribution in [3.8, 4) is 11.5 Å². The quantitative estimate of drug-likeness (QED) is 0.721. The first-order valence-corrected chi connectivity index (χ1v) is 7.87. The predicted molar refractivity (Wildman–Crippen MR) is 96.5 cm³/mol. The van der Waals surface area contributed by atoms with E-state index in [2.05, 4.69) is 5.32 Å². The maximum Gasteiger partial charge on any atom is 0.228 e. The number of ether oxygens (including phenoxy) is 1. The van der Waals surface area contributed by atoms with Gasteiger partial charge in [0.15, 0.2) is 0 Å². The molecule has 0 saturated carbocycles. The van der Waals surface area contributed by atoms with E-state index in [1.807, 2.05) is 85.8 Å². The van der Waals surface area contributed by atoms with E-state index in [4.69, 9.17) is 4.74 Å². The van der Waals surface area contributed by atoms with E-state index in [-0.39, 0.29) is 5.91 Å². The summed E-state index contributed by atoms with van der Waals surface area (Å²) in [4.78, 5) is 12.1. The zero-order valence-corrected chi connectivity index (χ0v) is 13.5. The molecular weight excluding hydrogens is 298 g/mol. The third kappa shape index (κ3) is 4.46. The first-order valence-electron chi connectivity index (χ1n) is 7.87. The molecule has 0 fully saturated rings. The number of anilines is 1. The Morgan fingerprint density at radius 1 is 0.875 bits per heavy atom. The number of aryl methyl sites for hydroxylation is 1. The van der Waals surface area contributed by atoms with E-state index in [1.54, 1.807) is 0 Å². The van der Waals surface area contributed by atoms with Gasteiger partial charge >= 0.3 is 0 Å². The molecule has 3 aromatic rings. The van der Waals surface area contributed by atoms with Gasteiger partial charge in [-0.2, -0.15) is 0 Å². The summed E-state index contributed by atoms with van der Waals surface area (Å²) in [6, 6.07) is 25.0. The van der Waals surface area contributed by atoms with Crippen LogP contribution in [0.1, 0.15) is 11.1 Å². The Morgan fingerprint density at radius 2 is 1.62 bits per heavy atom. The van der Waals surface area contributed by atoms with Crippen LogP contribution in [0.3, 0.4) is 0 Å². The van der Waals surface area contributed by atoms with E-state index in [0.29, 0.717) is 6.42 Å². The van der Waals surface area contributed by atoms with Crippen LogP contribution in [0.5, 0.6) is 11.5 Å². The van der Waals surface area contributed by atoms with Gasteiger partial charge in [-0.25, -0.2) is 0 Å². The fraction of sp³-hybridized carbons (Fsp3) is 0.0952. The number of benzene rings is 3. The van der Waals surface area contributed by atoms with Crippen LogP contribution >= 0.6 is 0 Å². The average Bonchev–Trinajstić information content (AvgIpc) is 2.57. The number of hydrogen-bond acceptors (Lipinski definition) is 2. The number of rotatable bonds is 5. The summed E-state index contributed by atoms with van der Waals surface area (Å²) in [5.41, 5.74) is 2.90. The van der Waals surface area contributed by atoms with Crippen molar-refractivity contribution in [3.63, 3.8) is 0 Å². The maximum absolute atomic E-state index is 12.1. The molecule has 0 atom stereocenters. The summed E-state index contributed by atoms with van der Waals surface area (Å²) >= 11 is 0. The molecule has 0 spiro atoms. The first-order chi connectivity index (χ1) is 11.7. The number of carbonyl (C=O) groups is 1. The normalized spacial score (nSPS) is 10.2. The van der Waals surface area contributed by atoms with Crippen molar-refractivity contribution in [3.05, 3.63) is 90.0 Å². The number of amides is 1. The van der Waals surface area contributed by atoms with Crippen LogP contribution in [0.2, 0.25) is 0 Å². The highest BCUT2D eigenvalue weighted by Crippen LogP contribution is 2.23. The van der Waals surface area contributed by atoms with Crippen molar-refractivity contribution in [2.75, 3.05) is 5.32 Å². The molecule has 0 aromatic heterocycles. The second-order valence-electron chi connectivity index (χ2n) is 5.65. The predicted octanol–water partition coefficient (Wildman–Crippen LogP) is 4.97. The molecule has 3 aromatic carbocycles. The molecule has 1 amide bonds. The lowest BCUT2D eigenvalue weighted by Gasteiger charge is -2.09. The summed E-state index contributed by atoms with van der Waals surface area (Å²) < 4.78 is 5.80. The van der Waals surface area contributed by atoms with Crippen LogP contribution in [0.15, 0.2) is 78.9 Å². The Kier molecular flexibility index (Phi) is 4.92. The Labute approximate surface area is 141 Å². The van der Waals surface area contributed by atoms with Crippen LogP contribution in [-0.2, 0) is 11.2 Å². The molecule has 0 saturated heterocycles. The van der Waals surface area contributed by atoms with Gasteiger partial charge in [0.2, 0.25) is 5.91 Å². The minimum absolute atomic E-state index is 0.0337. The number of carbonyl (C=O) groups excluding carboxylic acids is 1. The molecular formula is C21H19NO2. The van der Waals surface area contributed by atoms with Gasteiger partial charge in [0, 0.05) is 5.69 Å². The largest absolute Gasteiger partial charge is 0.457 e. The van der Waals surface area contributed by atoms with Gasteiger partial charge in [0.1, 0.15) is 11.5 Å². The Balaban J connectivity index is 1.59. The van der Waals surface area contributed by atoms with E-state index in [1.165, 1.54) is 0 Å². The van der Waals surface area contributed by atoms with E-state index in [9.17, 15) is 4.79 Å². The highest BCUT2D eigenvalue weighted by atomic mass is 16.5. The van der Waals surface area contributed by atoms with Crippen LogP contribution in [0.4, 0.5) is 5.69 Å². The minimum Gasteiger partial charge on any atom is -0.457 e. The highest BCUT2D eigenvalue weighted by Gasteiger charge is 2.04. The van der Waals surface area contributed by atoms with Gasteiger partial charge in [-0.05, 0) is 54.4 Å². The summed E-state index contributed by atoms with van der Waals surface area (Å²) in [6.45, 7) is 2.03. The monoisotopic (exact) mass is 317 g/mol. The molecule has 0 bridgehead atoms. The van der Waals surface area contributed by atoms with E-state index in [0.717, 1.165) is 28.3 Å². The Hall–Kier alpha value is -3.07. The van der Waals surface area contributed by atoms with Gasteiger partial charge < -0.3 is 10.1 Å². The van der Waals surface area contributed by atoms with Crippen LogP contribution in [0.25, 0.3) is 0 Å². The molecule has 1 N–H and O–H groups in total. The fourth-order valence-corrected chi connectivity index (χ4v) is 2.41. The lowest BCUT2D eigenvalue weighted by Crippen LogP contribution is -2.14. The van der Waals surface area contributed by atoms with Crippen LogP contribution in [-0.4, -0.2) is 5.91 Å². The van der Waals surface area contributed by atoms with Gasteiger partial charge in [-0.15, -0.1) is 0 Å². The van der Waals surface area contributed by atoms with Gasteiger partial charge in [-0.1, -0.05) is 42.5 Å². The summed E-state index contributed by atoms with van der Waals surface area (Å²) in [7, 11) is 0. The van der Waals surface area contributed by atoms with Gasteiger partial charge in [-0.3, -0.25) is 4.79 Å². The van der Waals surface area contributed by atoms with Gasteiger partial charge in [0.05, 0.1) is 6.42 Å². The third-order valence-electron chi connectivity index (χ3n) is 3.57. The molecule has 3 nitrogen and oxygen atoms in total.